The van der Waals surface area contributed by atoms with Gasteiger partial charge < -0.3 is 0 Å². The van der Waals surface area contributed by atoms with E-state index in [2.05, 4.69) is 15.9 Å². The molecule has 0 unspecified atom stereocenters. The molecule has 0 heterocycles. The molecule has 5 heteroatoms. The topological polar surface area (TPSA) is 17.1 Å². The van der Waals surface area contributed by atoms with Crippen LogP contribution < -0.4 is 0 Å². The summed E-state index contributed by atoms with van der Waals surface area (Å²) in [6.07, 6.45) is 0. The smallest absolute Gasteiger partial charge is 0 e. The van der Waals surface area contributed by atoms with Crippen molar-refractivity contribution in [1.82, 2.24) is 0 Å². The van der Waals surface area contributed by atoms with E-state index in [-0.39, 0.29) is 129 Å². The van der Waals surface area contributed by atoms with Crippen molar-refractivity contribution in [2.24, 2.45) is 0 Å². The van der Waals surface area contributed by atoms with Crippen LogP contribution in [0, 0.1) is 80.3 Å². The van der Waals surface area contributed by atoms with Crippen molar-refractivity contribution in [2.45, 2.75) is 0 Å². The van der Waals surface area contributed by atoms with Gasteiger partial charge in [0.05, 0.1) is 0 Å². The van der Waals surface area contributed by atoms with Crippen LogP contribution in [0.15, 0.2) is 0 Å². The third-order valence-electron chi connectivity index (χ3n) is 0. The fourth-order valence-electron chi connectivity index (χ4n) is 0. The minimum Gasteiger partial charge on any atom is 0 e. The van der Waals surface area contributed by atoms with E-state index >= 15 is 0 Å². The number of rotatable bonds is 0. The Morgan fingerprint density at radius 1 is 1.20 bits per heavy atom. The maximum absolute atomic E-state index is 7.81. The van der Waals surface area contributed by atoms with Gasteiger partial charge >= 0.3 is 19.8 Å². The third kappa shape index (κ3) is 17.7. The van der Waals surface area contributed by atoms with E-state index in [1.807, 2.05) is 0 Å². The minimum atomic E-state index is 0. The molecule has 2 radical (unpaired) electrons. The molecule has 0 aliphatic rings. The summed E-state index contributed by atoms with van der Waals surface area (Å²) >= 11 is 2.94. The Morgan fingerprint density at radius 2 is 1.20 bits per heavy atom. The van der Waals surface area contributed by atoms with Gasteiger partial charge in [-0.2, -0.15) is 0 Å². The zero-order chi connectivity index (χ0) is 2.00. The maximum Gasteiger partial charge on any atom is 0 e. The average molecular weight is 524 g/mol. The van der Waals surface area contributed by atoms with Gasteiger partial charge in [-0.25, -0.2) is 0 Å². The van der Waals surface area contributed by atoms with Gasteiger partial charge in [0, 0.05) is 129 Å². The standard InChI is InChI=1S/Ba.Cu.Gd.O.Sm. The molecule has 0 fully saturated rings. The van der Waals surface area contributed by atoms with Crippen LogP contribution in [0.3, 0.4) is 0 Å². The van der Waals surface area contributed by atoms with E-state index in [0.717, 1.165) is 0 Å². The second kappa shape index (κ2) is 23.5. The molecule has 1 nitrogen and oxygen atoms in total. The molecule has 33 valence electrons. The molecule has 0 rings (SSSR count). The molecule has 0 aromatic heterocycles. The van der Waals surface area contributed by atoms with Gasteiger partial charge in [-0.3, -0.25) is 0 Å². The maximum atomic E-state index is 7.81. The SMILES string of the molecule is [Ba].[Gd].[O]=[Cu].[Sm]. The van der Waals surface area contributed by atoms with Gasteiger partial charge in [0.1, 0.15) is 0 Å². The Hall–Kier alpha value is 4.55. The first-order valence-electron chi connectivity index (χ1n) is 0.123. The van der Waals surface area contributed by atoms with Crippen LogP contribution >= 0.6 is 0 Å². The van der Waals surface area contributed by atoms with Crippen molar-refractivity contribution in [3.8, 4) is 0 Å². The van der Waals surface area contributed by atoms with Gasteiger partial charge in [-0.15, -0.1) is 0 Å². The van der Waals surface area contributed by atoms with Crippen LogP contribution in [-0.4, -0.2) is 48.9 Å². The van der Waals surface area contributed by atoms with E-state index in [1.165, 1.54) is 0 Å². The molecule has 0 spiro atoms. The normalized spacial score (nSPS) is 1.20. The first-order chi connectivity index (χ1) is 1.00. The summed E-state index contributed by atoms with van der Waals surface area (Å²) in [4.78, 5) is 0. The van der Waals surface area contributed by atoms with E-state index in [4.69, 9.17) is 3.83 Å². The van der Waals surface area contributed by atoms with Gasteiger partial charge in [-0.05, 0) is 0 Å². The molecule has 0 aliphatic carbocycles. The molecule has 0 N–H and O–H groups in total. The summed E-state index contributed by atoms with van der Waals surface area (Å²) in [5, 5.41) is 0. The Kier molecular flexibility index (Phi) is 107. The fraction of sp³-hybridized carbons (Fsp3) is 0. The van der Waals surface area contributed by atoms with Crippen LogP contribution in [0.5, 0.6) is 0 Å². The van der Waals surface area contributed by atoms with Crippen molar-refractivity contribution >= 4 is 48.9 Å². The Labute approximate surface area is 144 Å². The zero-order valence-electron chi connectivity index (χ0n) is 2.18. The van der Waals surface area contributed by atoms with E-state index in [1.54, 1.807) is 0 Å². The summed E-state index contributed by atoms with van der Waals surface area (Å²) in [5.74, 6) is 0. The first-order valence-corrected chi connectivity index (χ1v) is 0.508. The minimum absolute atomic E-state index is 0. The Balaban J connectivity index is -0.00000000167. The molecular weight excluding hydrogens is 524 g/mol. The summed E-state index contributed by atoms with van der Waals surface area (Å²) in [5.41, 5.74) is 0. The second-order valence-corrected chi connectivity index (χ2v) is 0. The summed E-state index contributed by atoms with van der Waals surface area (Å²) in [6, 6.07) is 0. The quantitative estimate of drug-likeness (QED) is 0.391. The van der Waals surface area contributed by atoms with Crippen LogP contribution in [0.4, 0.5) is 0 Å². The molecule has 0 bridgehead atoms. The third-order valence-corrected chi connectivity index (χ3v) is 0. The van der Waals surface area contributed by atoms with Gasteiger partial charge in [-0.1, -0.05) is 0 Å². The van der Waals surface area contributed by atoms with Gasteiger partial charge in [0.2, 0.25) is 0 Å². The molecule has 0 saturated carbocycles. The summed E-state index contributed by atoms with van der Waals surface area (Å²) in [6.45, 7) is 0. The van der Waals surface area contributed by atoms with Crippen molar-refractivity contribution < 1.29 is 100 Å². The van der Waals surface area contributed by atoms with Crippen LogP contribution in [0.1, 0.15) is 0 Å². The molecule has 0 saturated heterocycles. The number of hydrogen-bond donors (Lipinski definition) is 0. The molecule has 0 aliphatic heterocycles. The first kappa shape index (κ1) is 22.7. The van der Waals surface area contributed by atoms with E-state index < -0.39 is 0 Å². The number of hydrogen-bond acceptors (Lipinski definition) is 1. The monoisotopic (exact) mass is 527 g/mol. The van der Waals surface area contributed by atoms with Crippen molar-refractivity contribution in [3.63, 3.8) is 0 Å². The van der Waals surface area contributed by atoms with Crippen LogP contribution in [0.2, 0.25) is 0 Å². The van der Waals surface area contributed by atoms with E-state index in [9.17, 15) is 0 Å². The molecule has 5 heavy (non-hydrogen) atoms. The van der Waals surface area contributed by atoms with Gasteiger partial charge in [0.25, 0.3) is 0 Å². The summed E-state index contributed by atoms with van der Waals surface area (Å²) < 4.78 is 7.81. The molecule has 0 atom stereocenters. The van der Waals surface area contributed by atoms with Crippen molar-refractivity contribution in [1.29, 1.82) is 0 Å². The Morgan fingerprint density at radius 3 is 1.20 bits per heavy atom. The largest absolute Gasteiger partial charge is 0 e. The Bertz CT molecular complexity index is 11.6. The van der Waals surface area contributed by atoms with Crippen LogP contribution in [0.25, 0.3) is 0 Å². The molecular formula is BaCuGdOSm. The van der Waals surface area contributed by atoms with Crippen molar-refractivity contribution in [2.75, 3.05) is 0 Å². The predicted molar refractivity (Wildman–Crippen MR) is 6.44 cm³/mol. The summed E-state index contributed by atoms with van der Waals surface area (Å²) in [7, 11) is 0. The van der Waals surface area contributed by atoms with Crippen molar-refractivity contribution in [3.05, 3.63) is 0 Å². The second-order valence-electron chi connectivity index (χ2n) is 0. The molecule has 0 amide bonds. The van der Waals surface area contributed by atoms with E-state index in [0.29, 0.717) is 0 Å². The molecule has 0 aromatic rings. The fourth-order valence-corrected chi connectivity index (χ4v) is 0. The average Bonchev–Trinajstić information content (AvgIpc) is 1.00. The molecule has 0 aromatic carbocycles. The predicted octanol–water partition coefficient (Wildman–Crippen LogP) is -0.502. The van der Waals surface area contributed by atoms with Crippen LogP contribution in [-0.2, 0) is 19.8 Å². The van der Waals surface area contributed by atoms with Gasteiger partial charge in [0.15, 0.2) is 0 Å². The zero-order valence-corrected chi connectivity index (χ0v) is 12.4.